The van der Waals surface area contributed by atoms with Crippen molar-refractivity contribution in [2.45, 2.75) is 13.5 Å². The van der Waals surface area contributed by atoms with Crippen LogP contribution in [0.1, 0.15) is 11.1 Å². The monoisotopic (exact) mass is 349 g/mol. The number of hydrogen-bond acceptors (Lipinski definition) is 4. The largest absolute Gasteiger partial charge is 0.366 e. The van der Waals surface area contributed by atoms with Crippen LogP contribution < -0.4 is 5.32 Å². The van der Waals surface area contributed by atoms with Gasteiger partial charge in [-0.15, -0.1) is 11.3 Å². The highest BCUT2D eigenvalue weighted by molar-refractivity contribution is 7.13. The average Bonchev–Trinajstić information content (AvgIpc) is 3.34. The summed E-state index contributed by atoms with van der Waals surface area (Å²) < 4.78 is 1.88. The van der Waals surface area contributed by atoms with Gasteiger partial charge in [0.15, 0.2) is 0 Å². The zero-order valence-electron chi connectivity index (χ0n) is 14.2. The maximum absolute atomic E-state index is 4.65. The number of aryl methyl sites for hydroxylation is 2. The third kappa shape index (κ3) is 3.08. The van der Waals surface area contributed by atoms with E-state index < -0.39 is 0 Å². The van der Waals surface area contributed by atoms with E-state index in [0.717, 1.165) is 28.3 Å². The molecule has 0 aliphatic heterocycles. The molecule has 0 atom stereocenters. The lowest BCUT2D eigenvalue weighted by molar-refractivity contribution is 0.772. The molecule has 3 heterocycles. The number of nitrogens with one attached hydrogen (secondary N) is 2. The van der Waals surface area contributed by atoms with E-state index in [2.05, 4.69) is 57.2 Å². The van der Waals surface area contributed by atoms with Gasteiger partial charge in [-0.05, 0) is 23.9 Å². The summed E-state index contributed by atoms with van der Waals surface area (Å²) in [7, 11) is 1.96. The van der Waals surface area contributed by atoms with Crippen LogP contribution in [0.15, 0.2) is 54.0 Å². The molecule has 0 unspecified atom stereocenters. The van der Waals surface area contributed by atoms with Gasteiger partial charge in [-0.25, -0.2) is 0 Å². The van der Waals surface area contributed by atoms with Gasteiger partial charge >= 0.3 is 0 Å². The van der Waals surface area contributed by atoms with Crippen LogP contribution in [0.5, 0.6) is 0 Å². The summed E-state index contributed by atoms with van der Waals surface area (Å²) in [5.41, 5.74) is 5.58. The van der Waals surface area contributed by atoms with E-state index >= 15 is 0 Å². The number of rotatable bonds is 5. The molecule has 0 bridgehead atoms. The molecule has 0 aliphatic carbocycles. The molecule has 6 heteroatoms. The average molecular weight is 349 g/mol. The fourth-order valence-electron chi connectivity index (χ4n) is 2.89. The molecule has 0 fully saturated rings. The number of thiophene rings is 1. The second-order valence-electron chi connectivity index (χ2n) is 5.95. The maximum atomic E-state index is 4.65. The van der Waals surface area contributed by atoms with Gasteiger partial charge in [-0.1, -0.05) is 30.3 Å². The van der Waals surface area contributed by atoms with Crippen molar-refractivity contribution >= 4 is 17.2 Å². The molecule has 4 rings (SSSR count). The van der Waals surface area contributed by atoms with Gasteiger partial charge in [-0.3, -0.25) is 9.78 Å². The smallest absolute Gasteiger partial charge is 0.124 e. The van der Waals surface area contributed by atoms with Crippen molar-refractivity contribution < 1.29 is 0 Å². The van der Waals surface area contributed by atoms with Gasteiger partial charge in [-0.2, -0.15) is 10.2 Å². The first-order chi connectivity index (χ1) is 12.2. The molecule has 4 aromatic rings. The van der Waals surface area contributed by atoms with Crippen molar-refractivity contribution in [3.05, 3.63) is 65.2 Å². The molecular formula is C19H19N5S. The molecule has 126 valence electrons. The second-order valence-corrected chi connectivity index (χ2v) is 6.90. The zero-order valence-corrected chi connectivity index (χ0v) is 15.0. The Morgan fingerprint density at radius 2 is 2.08 bits per heavy atom. The number of aromatic amines is 1. The van der Waals surface area contributed by atoms with E-state index in [-0.39, 0.29) is 0 Å². The number of H-pyrrole nitrogens is 1. The summed E-state index contributed by atoms with van der Waals surface area (Å²) in [4.78, 5) is 1.19. The first kappa shape index (κ1) is 15.7. The summed E-state index contributed by atoms with van der Waals surface area (Å²) in [5, 5.41) is 17.5. The predicted molar refractivity (Wildman–Crippen MR) is 103 cm³/mol. The van der Waals surface area contributed by atoms with Crippen LogP contribution in [0.3, 0.4) is 0 Å². The van der Waals surface area contributed by atoms with Gasteiger partial charge in [0.25, 0.3) is 0 Å². The van der Waals surface area contributed by atoms with Gasteiger partial charge in [0, 0.05) is 30.8 Å². The first-order valence-corrected chi connectivity index (χ1v) is 9.00. The summed E-state index contributed by atoms with van der Waals surface area (Å²) in [6.45, 7) is 2.80. The SMILES string of the molecule is Cc1ccccc1-c1cc(NCc2cn[nH]c2-c2cccs2)n(C)n1. The minimum Gasteiger partial charge on any atom is -0.366 e. The highest BCUT2D eigenvalue weighted by atomic mass is 32.1. The van der Waals surface area contributed by atoms with Gasteiger partial charge < -0.3 is 5.32 Å². The quantitative estimate of drug-likeness (QED) is 0.559. The van der Waals surface area contributed by atoms with E-state index in [1.54, 1.807) is 11.3 Å². The maximum Gasteiger partial charge on any atom is 0.124 e. The van der Waals surface area contributed by atoms with Crippen LogP contribution in [-0.4, -0.2) is 20.0 Å². The zero-order chi connectivity index (χ0) is 17.2. The Kier molecular flexibility index (Phi) is 4.11. The highest BCUT2D eigenvalue weighted by Crippen LogP contribution is 2.27. The minimum absolute atomic E-state index is 0.691. The van der Waals surface area contributed by atoms with Crippen molar-refractivity contribution in [1.29, 1.82) is 0 Å². The summed E-state index contributed by atoms with van der Waals surface area (Å²) in [6.07, 6.45) is 1.88. The second kappa shape index (κ2) is 6.57. The summed E-state index contributed by atoms with van der Waals surface area (Å²) in [5.74, 6) is 0.983. The number of hydrogen-bond donors (Lipinski definition) is 2. The molecule has 0 amide bonds. The Balaban J connectivity index is 1.55. The number of nitrogens with zero attached hydrogens (tertiary/aromatic N) is 3. The third-order valence-electron chi connectivity index (χ3n) is 4.25. The van der Waals surface area contributed by atoms with Gasteiger partial charge in [0.05, 0.1) is 22.5 Å². The fourth-order valence-corrected chi connectivity index (χ4v) is 3.65. The van der Waals surface area contributed by atoms with E-state index in [1.165, 1.54) is 10.4 Å². The Hall–Kier alpha value is -2.86. The van der Waals surface area contributed by atoms with Crippen molar-refractivity contribution in [2.75, 3.05) is 5.32 Å². The molecule has 1 aromatic carbocycles. The number of aromatic nitrogens is 4. The van der Waals surface area contributed by atoms with Crippen molar-refractivity contribution in [2.24, 2.45) is 7.05 Å². The van der Waals surface area contributed by atoms with E-state index in [0.29, 0.717) is 6.54 Å². The fraction of sp³-hybridized carbons (Fsp3) is 0.158. The Morgan fingerprint density at radius 3 is 2.88 bits per heavy atom. The van der Waals surface area contributed by atoms with Crippen LogP contribution in [0, 0.1) is 6.92 Å². The van der Waals surface area contributed by atoms with Crippen LogP contribution in [-0.2, 0) is 13.6 Å². The number of anilines is 1. The summed E-state index contributed by atoms with van der Waals surface area (Å²) in [6, 6.07) is 14.5. The van der Waals surface area contributed by atoms with Crippen molar-refractivity contribution in [1.82, 2.24) is 20.0 Å². The van der Waals surface area contributed by atoms with Crippen molar-refractivity contribution in [3.63, 3.8) is 0 Å². The lowest BCUT2D eigenvalue weighted by Crippen LogP contribution is -2.04. The lowest BCUT2D eigenvalue weighted by Gasteiger charge is -2.06. The molecule has 0 aliphatic rings. The summed E-state index contributed by atoms with van der Waals surface area (Å²) >= 11 is 1.71. The molecule has 25 heavy (non-hydrogen) atoms. The lowest BCUT2D eigenvalue weighted by atomic mass is 10.1. The van der Waals surface area contributed by atoms with E-state index in [4.69, 9.17) is 0 Å². The standard InChI is InChI=1S/C19H19N5S/c1-13-6-3-4-7-15(13)16-10-18(24(2)23-16)20-11-14-12-21-22-19(14)17-8-5-9-25-17/h3-10,12,20H,11H2,1-2H3,(H,21,22). The number of benzene rings is 1. The third-order valence-corrected chi connectivity index (χ3v) is 5.13. The molecule has 0 spiro atoms. The van der Waals surface area contributed by atoms with Crippen LogP contribution >= 0.6 is 11.3 Å². The molecule has 0 saturated heterocycles. The molecule has 0 radical (unpaired) electrons. The van der Waals surface area contributed by atoms with Crippen LogP contribution in [0.2, 0.25) is 0 Å². The van der Waals surface area contributed by atoms with Crippen LogP contribution in [0.4, 0.5) is 5.82 Å². The Morgan fingerprint density at radius 1 is 1.20 bits per heavy atom. The molecular weight excluding hydrogens is 330 g/mol. The van der Waals surface area contributed by atoms with E-state index in [1.807, 2.05) is 36.1 Å². The topological polar surface area (TPSA) is 58.5 Å². The Bertz CT molecular complexity index is 981. The van der Waals surface area contributed by atoms with E-state index in [9.17, 15) is 0 Å². The van der Waals surface area contributed by atoms with Gasteiger partial charge in [0.2, 0.25) is 0 Å². The minimum atomic E-state index is 0.691. The first-order valence-electron chi connectivity index (χ1n) is 8.12. The normalized spacial score (nSPS) is 11.0. The van der Waals surface area contributed by atoms with Crippen LogP contribution in [0.25, 0.3) is 21.8 Å². The van der Waals surface area contributed by atoms with Gasteiger partial charge in [0.1, 0.15) is 5.82 Å². The molecule has 0 saturated carbocycles. The van der Waals surface area contributed by atoms with Crippen molar-refractivity contribution in [3.8, 4) is 21.8 Å². The molecule has 2 N–H and O–H groups in total. The Labute approximate surface area is 150 Å². The predicted octanol–water partition coefficient (Wildman–Crippen LogP) is 4.46. The molecule has 5 nitrogen and oxygen atoms in total. The molecule has 3 aromatic heterocycles. The highest BCUT2D eigenvalue weighted by Gasteiger charge is 2.11.